The van der Waals surface area contributed by atoms with E-state index in [-0.39, 0.29) is 26.0 Å². The fourth-order valence-electron chi connectivity index (χ4n) is 2.59. The molecule has 0 radical (unpaired) electrons. The summed E-state index contributed by atoms with van der Waals surface area (Å²) in [5.41, 5.74) is 0.714. The van der Waals surface area contributed by atoms with Crippen LogP contribution in [0.5, 0.6) is 0 Å². The van der Waals surface area contributed by atoms with E-state index in [1.807, 2.05) is 6.07 Å². The molecule has 0 saturated heterocycles. The Balaban J connectivity index is 1.87. The molecule has 0 spiro atoms. The summed E-state index contributed by atoms with van der Waals surface area (Å²) in [6, 6.07) is 11.2. The molecule has 0 fully saturated rings. The topological polar surface area (TPSA) is 88.5 Å². The molecule has 2 aliphatic rings. The van der Waals surface area contributed by atoms with Crippen LogP contribution in [0.4, 0.5) is 0 Å². The van der Waals surface area contributed by atoms with Gasteiger partial charge in [0.05, 0.1) is 9.81 Å². The summed E-state index contributed by atoms with van der Waals surface area (Å²) >= 11 is 2.12. The molecule has 2 aromatic carbocycles. The summed E-state index contributed by atoms with van der Waals surface area (Å²) in [4.78, 5) is 26.3. The first-order chi connectivity index (χ1) is 11.4. The van der Waals surface area contributed by atoms with Crippen molar-refractivity contribution < 1.29 is 22.6 Å². The van der Waals surface area contributed by atoms with Crippen LogP contribution in [-0.2, 0) is 10.1 Å². The second-order valence-corrected chi connectivity index (χ2v) is 8.59. The summed E-state index contributed by atoms with van der Waals surface area (Å²) < 4.78 is 32.4. The van der Waals surface area contributed by atoms with E-state index in [2.05, 4.69) is 0 Å². The van der Waals surface area contributed by atoms with Gasteiger partial charge in [0.1, 0.15) is 4.90 Å². The van der Waals surface area contributed by atoms with E-state index in [0.29, 0.717) is 10.5 Å². The Hall–Kier alpha value is -1.87. The first-order valence-corrected chi connectivity index (χ1v) is 9.84. The number of allylic oxidation sites excluding steroid dienone is 2. The predicted molar refractivity (Wildman–Crippen MR) is 90.1 cm³/mol. The molecule has 2 heterocycles. The number of thioether (sulfide) groups is 2. The summed E-state index contributed by atoms with van der Waals surface area (Å²) in [6.45, 7) is 0. The lowest BCUT2D eigenvalue weighted by Crippen LogP contribution is -2.03. The number of hydrogen-bond donors (Lipinski definition) is 1. The number of carbonyl (C=O) groups excluding carboxylic acids is 2. The highest BCUT2D eigenvalue weighted by Gasteiger charge is 2.38. The molecule has 120 valence electrons. The van der Waals surface area contributed by atoms with Crippen molar-refractivity contribution in [3.05, 3.63) is 63.4 Å². The summed E-state index contributed by atoms with van der Waals surface area (Å²) in [7, 11) is -4.45. The zero-order chi connectivity index (χ0) is 17.1. The number of fused-ring (bicyclic) bond motifs is 2. The van der Waals surface area contributed by atoms with Gasteiger partial charge in [-0.1, -0.05) is 41.7 Å². The third-order valence-electron chi connectivity index (χ3n) is 3.67. The second kappa shape index (κ2) is 5.32. The van der Waals surface area contributed by atoms with Gasteiger partial charge >= 0.3 is 0 Å². The average Bonchev–Trinajstić information content (AvgIpc) is 3.05. The quantitative estimate of drug-likeness (QED) is 0.602. The maximum Gasteiger partial charge on any atom is 0.295 e. The van der Waals surface area contributed by atoms with E-state index in [4.69, 9.17) is 0 Å². The largest absolute Gasteiger partial charge is 0.295 e. The first-order valence-electron chi connectivity index (χ1n) is 6.77. The van der Waals surface area contributed by atoms with Crippen LogP contribution in [0.1, 0.15) is 20.7 Å². The Morgan fingerprint density at radius 2 is 1.42 bits per heavy atom. The van der Waals surface area contributed by atoms with E-state index in [0.717, 1.165) is 16.7 Å². The van der Waals surface area contributed by atoms with Crippen molar-refractivity contribution in [2.75, 3.05) is 0 Å². The van der Waals surface area contributed by atoms with Crippen LogP contribution in [0.3, 0.4) is 0 Å². The standard InChI is InChI=1S/C16H8O5S3/c17-12-8-4-1-2-6-10(8)22-15(12)16-13(18)9-5-3-7-11(14(9)23-16)24(19,20)21/h1-7H,(H,19,20,21). The molecular weight excluding hydrogens is 368 g/mol. The van der Waals surface area contributed by atoms with Crippen LogP contribution in [0, 0.1) is 0 Å². The lowest BCUT2D eigenvalue weighted by atomic mass is 10.1. The van der Waals surface area contributed by atoms with Crippen LogP contribution in [0.15, 0.2) is 67.0 Å². The third kappa shape index (κ3) is 2.26. The molecule has 0 amide bonds. The number of benzene rings is 2. The van der Waals surface area contributed by atoms with Gasteiger partial charge in [0.25, 0.3) is 10.1 Å². The molecule has 0 bridgehead atoms. The molecule has 2 aliphatic heterocycles. The monoisotopic (exact) mass is 376 g/mol. The van der Waals surface area contributed by atoms with E-state index < -0.39 is 15.9 Å². The Bertz CT molecular complexity index is 1070. The third-order valence-corrected chi connectivity index (χ3v) is 7.23. The zero-order valence-electron chi connectivity index (χ0n) is 11.8. The number of ketones is 2. The minimum absolute atomic E-state index is 0.164. The van der Waals surface area contributed by atoms with Crippen molar-refractivity contribution in [2.45, 2.75) is 14.7 Å². The number of Topliss-reactive ketones (excluding diaryl/α,β-unsaturated/α-hetero) is 2. The molecule has 0 saturated carbocycles. The summed E-state index contributed by atoms with van der Waals surface area (Å²) in [5, 5.41) is 0. The van der Waals surface area contributed by atoms with Gasteiger partial charge in [0.2, 0.25) is 11.6 Å². The SMILES string of the molecule is O=C1C(=C2Sc3c(cccc3S(=O)(=O)O)C2=O)Sc2ccccc21. The van der Waals surface area contributed by atoms with Gasteiger partial charge in [-0.2, -0.15) is 8.42 Å². The molecule has 0 atom stereocenters. The Labute approximate surface area is 145 Å². The van der Waals surface area contributed by atoms with Crippen LogP contribution >= 0.6 is 23.5 Å². The maximum atomic E-state index is 12.6. The summed E-state index contributed by atoms with van der Waals surface area (Å²) in [5.74, 6) is -0.642. The van der Waals surface area contributed by atoms with Crippen molar-refractivity contribution in [1.82, 2.24) is 0 Å². The van der Waals surface area contributed by atoms with Crippen molar-refractivity contribution in [1.29, 1.82) is 0 Å². The fourth-order valence-corrected chi connectivity index (χ4v) is 5.94. The van der Waals surface area contributed by atoms with Gasteiger partial charge in [-0.3, -0.25) is 14.1 Å². The van der Waals surface area contributed by atoms with Gasteiger partial charge in [-0.15, -0.1) is 0 Å². The molecule has 0 aliphatic carbocycles. The van der Waals surface area contributed by atoms with Gasteiger partial charge in [-0.05, 0) is 24.3 Å². The molecule has 0 aromatic heterocycles. The van der Waals surface area contributed by atoms with Crippen LogP contribution in [0.25, 0.3) is 0 Å². The van der Waals surface area contributed by atoms with Gasteiger partial charge in [-0.25, -0.2) is 0 Å². The maximum absolute atomic E-state index is 12.6. The molecule has 24 heavy (non-hydrogen) atoms. The van der Waals surface area contributed by atoms with Gasteiger partial charge in [0, 0.05) is 20.9 Å². The Kier molecular flexibility index (Phi) is 3.47. The second-order valence-electron chi connectivity index (χ2n) is 5.12. The molecular formula is C16H8O5S3. The highest BCUT2D eigenvalue weighted by Crippen LogP contribution is 2.50. The van der Waals surface area contributed by atoms with Crippen molar-refractivity contribution in [2.24, 2.45) is 0 Å². The van der Waals surface area contributed by atoms with E-state index in [1.54, 1.807) is 18.2 Å². The van der Waals surface area contributed by atoms with Crippen LogP contribution < -0.4 is 0 Å². The Morgan fingerprint density at radius 1 is 0.792 bits per heavy atom. The Morgan fingerprint density at radius 3 is 2.12 bits per heavy atom. The summed E-state index contributed by atoms with van der Waals surface area (Å²) in [6.07, 6.45) is 0. The van der Waals surface area contributed by atoms with Crippen molar-refractivity contribution >= 4 is 45.2 Å². The lowest BCUT2D eigenvalue weighted by Gasteiger charge is -2.02. The van der Waals surface area contributed by atoms with Crippen molar-refractivity contribution in [3.63, 3.8) is 0 Å². The average molecular weight is 376 g/mol. The molecule has 1 N–H and O–H groups in total. The first kappa shape index (κ1) is 15.6. The number of rotatable bonds is 1. The fraction of sp³-hybridized carbons (Fsp3) is 0. The molecule has 5 nitrogen and oxygen atoms in total. The highest BCUT2D eigenvalue weighted by atomic mass is 32.2. The minimum atomic E-state index is -4.45. The molecule has 4 rings (SSSR count). The smallest absolute Gasteiger partial charge is 0.288 e. The lowest BCUT2D eigenvalue weighted by molar-refractivity contribution is 0.101. The van der Waals surface area contributed by atoms with E-state index >= 15 is 0 Å². The predicted octanol–water partition coefficient (Wildman–Crippen LogP) is 3.42. The number of hydrogen-bond acceptors (Lipinski definition) is 6. The highest BCUT2D eigenvalue weighted by molar-refractivity contribution is 8.09. The minimum Gasteiger partial charge on any atom is -0.288 e. The molecule has 0 unspecified atom stereocenters. The molecule has 8 heteroatoms. The normalized spacial score (nSPS) is 19.5. The van der Waals surface area contributed by atoms with E-state index in [9.17, 15) is 22.6 Å². The van der Waals surface area contributed by atoms with Gasteiger partial charge in [0.15, 0.2) is 0 Å². The number of carbonyl (C=O) groups is 2. The van der Waals surface area contributed by atoms with Crippen LogP contribution in [-0.4, -0.2) is 24.5 Å². The van der Waals surface area contributed by atoms with Crippen LogP contribution in [0.2, 0.25) is 0 Å². The van der Waals surface area contributed by atoms with Crippen molar-refractivity contribution in [3.8, 4) is 0 Å². The molecule has 2 aromatic rings. The zero-order valence-corrected chi connectivity index (χ0v) is 14.3. The van der Waals surface area contributed by atoms with Gasteiger partial charge < -0.3 is 0 Å². The van der Waals surface area contributed by atoms with E-state index in [1.165, 1.54) is 30.0 Å².